The van der Waals surface area contributed by atoms with Crippen molar-refractivity contribution in [3.63, 3.8) is 0 Å². The third-order valence-electron chi connectivity index (χ3n) is 8.71. The number of hydrogen-bond donors (Lipinski definition) is 0. The van der Waals surface area contributed by atoms with Crippen LogP contribution in [0.4, 0.5) is 17.6 Å². The predicted octanol–water partition coefficient (Wildman–Crippen LogP) is 4.13. The Morgan fingerprint density at radius 2 is 1.43 bits per heavy atom. The Balaban J connectivity index is 1.23. The van der Waals surface area contributed by atoms with Gasteiger partial charge in [0.2, 0.25) is 10.3 Å². The molecule has 6 aliphatic rings. The number of alkyl halides is 4. The van der Waals surface area contributed by atoms with E-state index >= 15 is 0 Å². The second-order valence-corrected chi connectivity index (χ2v) is 14.4. The Hall–Kier alpha value is -0.990. The lowest BCUT2D eigenvalue weighted by Crippen LogP contribution is -2.53. The molecule has 6 bridgehead atoms. The lowest BCUT2D eigenvalue weighted by atomic mass is 9.49. The summed E-state index contributed by atoms with van der Waals surface area (Å²) >= 11 is 0. The van der Waals surface area contributed by atoms with Crippen LogP contribution >= 0.6 is 0 Å². The van der Waals surface area contributed by atoms with Gasteiger partial charge in [0, 0.05) is 0 Å². The van der Waals surface area contributed by atoms with Gasteiger partial charge < -0.3 is 8.86 Å². The number of rotatable bonds is 9. The fourth-order valence-electron chi connectivity index (χ4n) is 7.59. The van der Waals surface area contributed by atoms with Crippen LogP contribution in [-0.4, -0.2) is 46.7 Å². The summed E-state index contributed by atoms with van der Waals surface area (Å²) < 4.78 is 117. The summed E-state index contributed by atoms with van der Waals surface area (Å²) in [5.74, 6) is -5.66. The molecule has 3 unspecified atom stereocenters. The average molecular weight is 547 g/mol. The number of carbonyl (C=O) groups is 1. The molecule has 0 heterocycles. The molecule has 6 aliphatic carbocycles. The molecule has 6 fully saturated rings. The third-order valence-corrected chi connectivity index (χ3v) is 11.7. The zero-order valence-corrected chi connectivity index (χ0v) is 20.5. The minimum atomic E-state index is -6.59. The minimum Gasteiger partial charge on any atom is -0.459 e. The highest BCUT2D eigenvalue weighted by Crippen LogP contribution is 2.60. The monoisotopic (exact) mass is 546 g/mol. The minimum absolute atomic E-state index is 0.182. The zero-order valence-electron chi connectivity index (χ0n) is 18.9. The highest BCUT2D eigenvalue weighted by atomic mass is 32.3. The smallest absolute Gasteiger partial charge is 0.395 e. The summed E-state index contributed by atoms with van der Waals surface area (Å²) in [6.07, 6.45) is 5.67. The van der Waals surface area contributed by atoms with E-state index in [1.807, 2.05) is 0 Å². The standard InChI is InChI=1S/C21H28F4NO7S2/c22-20(23,11-32-18(27)19-8-13-3-14(9-19)5-15(4-13)10-19)21(24,25)34(28,29)26-35(30,31)33-17-7-12-1-2-16(17)6-12/h12-17H,1-11H2/q-1. The molecule has 0 radical (unpaired) electrons. The van der Waals surface area contributed by atoms with E-state index in [1.165, 1.54) is 0 Å². The van der Waals surface area contributed by atoms with Gasteiger partial charge in [-0.15, -0.1) is 0 Å². The number of nitrogens with zero attached hydrogens (tertiary/aromatic N) is 1. The Morgan fingerprint density at radius 1 is 0.857 bits per heavy atom. The number of ether oxygens (including phenoxy) is 1. The first-order valence-corrected chi connectivity index (χ1v) is 14.8. The average Bonchev–Trinajstić information content (AvgIpc) is 3.32. The first-order valence-electron chi connectivity index (χ1n) is 12.0. The van der Waals surface area contributed by atoms with E-state index in [0.717, 1.165) is 25.7 Å². The second kappa shape index (κ2) is 8.26. The van der Waals surface area contributed by atoms with E-state index in [-0.39, 0.29) is 29.6 Å². The van der Waals surface area contributed by atoms with Crippen LogP contribution in [0.2, 0.25) is 0 Å². The summed E-state index contributed by atoms with van der Waals surface area (Å²) in [6, 6.07) is 0. The van der Waals surface area contributed by atoms with E-state index in [1.54, 1.807) is 0 Å². The second-order valence-electron chi connectivity index (χ2n) is 11.3. The molecule has 200 valence electrons. The quantitative estimate of drug-likeness (QED) is 0.315. The van der Waals surface area contributed by atoms with Crippen molar-refractivity contribution < 1.29 is 48.1 Å². The van der Waals surface area contributed by atoms with E-state index < -0.39 is 55.6 Å². The molecule has 0 spiro atoms. The van der Waals surface area contributed by atoms with Crippen molar-refractivity contribution in [3.05, 3.63) is 4.13 Å². The lowest BCUT2D eigenvalue weighted by Gasteiger charge is -2.55. The maximum atomic E-state index is 14.4. The predicted molar refractivity (Wildman–Crippen MR) is 113 cm³/mol. The molecule has 0 aromatic carbocycles. The summed E-state index contributed by atoms with van der Waals surface area (Å²) in [5, 5.41) is -5.94. The van der Waals surface area contributed by atoms with Crippen molar-refractivity contribution in [3.8, 4) is 0 Å². The van der Waals surface area contributed by atoms with Crippen LogP contribution in [0, 0.1) is 35.0 Å². The van der Waals surface area contributed by atoms with Gasteiger partial charge in [-0.1, -0.05) is 0 Å². The van der Waals surface area contributed by atoms with Crippen molar-refractivity contribution in [2.24, 2.45) is 35.0 Å². The van der Waals surface area contributed by atoms with Crippen LogP contribution in [0.3, 0.4) is 0 Å². The van der Waals surface area contributed by atoms with Crippen LogP contribution in [-0.2, 0) is 34.0 Å². The summed E-state index contributed by atoms with van der Waals surface area (Å²) in [7, 11) is -12.0. The van der Waals surface area contributed by atoms with Gasteiger partial charge in [-0.3, -0.25) is 8.98 Å². The number of fused-ring (bicyclic) bond motifs is 2. The lowest BCUT2D eigenvalue weighted by molar-refractivity contribution is -0.206. The number of halogens is 4. The molecule has 3 atom stereocenters. The number of hydrogen-bond acceptors (Lipinski definition) is 7. The van der Waals surface area contributed by atoms with Crippen LogP contribution in [0.15, 0.2) is 0 Å². The van der Waals surface area contributed by atoms with Crippen LogP contribution in [0.1, 0.15) is 64.2 Å². The fraction of sp³-hybridized carbons (Fsp3) is 0.952. The first-order chi connectivity index (χ1) is 16.1. The SMILES string of the molecule is O=C(OCC(F)(F)C(F)(F)S(=O)(=O)[N-]S(=O)(=O)OC1CC2CCC1C2)C12CC3CC(CC(C3)C1)C2. The number of carbonyl (C=O) groups excluding carboxylic acids is 1. The number of esters is 1. The van der Waals surface area contributed by atoms with E-state index in [2.05, 4.69) is 13.0 Å². The van der Waals surface area contributed by atoms with E-state index in [0.29, 0.717) is 38.5 Å². The van der Waals surface area contributed by atoms with Gasteiger partial charge in [0.05, 0.1) is 11.5 Å². The first kappa shape index (κ1) is 25.7. The molecular formula is C21H28F4NO7S2-. The topological polar surface area (TPSA) is 118 Å². The highest BCUT2D eigenvalue weighted by Gasteiger charge is 2.64. The van der Waals surface area contributed by atoms with Gasteiger partial charge >= 0.3 is 17.1 Å². The molecule has 14 heteroatoms. The molecule has 6 rings (SSSR count). The van der Waals surface area contributed by atoms with Crippen molar-refractivity contribution >= 4 is 26.3 Å². The van der Waals surface area contributed by atoms with Crippen molar-refractivity contribution in [2.45, 2.75) is 81.5 Å². The Kier molecular flexibility index (Phi) is 6.05. The molecule has 0 aliphatic heterocycles. The van der Waals surface area contributed by atoms with Crippen molar-refractivity contribution in [1.29, 1.82) is 0 Å². The normalized spacial score (nSPS) is 38.7. The molecule has 35 heavy (non-hydrogen) atoms. The molecule has 0 aromatic heterocycles. The number of sulfonamides is 1. The van der Waals surface area contributed by atoms with Crippen LogP contribution < -0.4 is 0 Å². The van der Waals surface area contributed by atoms with Gasteiger partial charge in [-0.2, -0.15) is 17.6 Å². The molecule has 0 saturated heterocycles. The largest absolute Gasteiger partial charge is 0.459 e. The summed E-state index contributed by atoms with van der Waals surface area (Å²) in [6.45, 7) is -2.21. The summed E-state index contributed by atoms with van der Waals surface area (Å²) in [4.78, 5) is 12.7. The molecule has 8 nitrogen and oxygen atoms in total. The molecular weight excluding hydrogens is 518 g/mol. The summed E-state index contributed by atoms with van der Waals surface area (Å²) in [5.41, 5.74) is -1.01. The highest BCUT2D eigenvalue weighted by molar-refractivity contribution is 8.10. The van der Waals surface area contributed by atoms with Gasteiger partial charge in [0.15, 0.2) is 16.6 Å². The van der Waals surface area contributed by atoms with Gasteiger partial charge in [-0.25, -0.2) is 16.8 Å². The fourth-order valence-corrected chi connectivity index (χ4v) is 10.0. The molecule has 6 saturated carbocycles. The van der Waals surface area contributed by atoms with E-state index in [9.17, 15) is 39.2 Å². The molecule has 0 amide bonds. The third kappa shape index (κ3) is 4.50. The zero-order chi connectivity index (χ0) is 25.4. The Bertz CT molecular complexity index is 1060. The molecule has 0 N–H and O–H groups in total. The van der Waals surface area contributed by atoms with E-state index in [4.69, 9.17) is 0 Å². The molecule has 0 aromatic rings. The Labute approximate surface area is 201 Å². The maximum Gasteiger partial charge on any atom is 0.395 e. The van der Waals surface area contributed by atoms with Gasteiger partial charge in [0.25, 0.3) is 0 Å². The van der Waals surface area contributed by atoms with Crippen LogP contribution in [0.5, 0.6) is 0 Å². The van der Waals surface area contributed by atoms with Gasteiger partial charge in [-0.05, 0) is 93.8 Å². The van der Waals surface area contributed by atoms with Crippen LogP contribution in [0.25, 0.3) is 4.13 Å². The van der Waals surface area contributed by atoms with Gasteiger partial charge in [0.1, 0.15) is 0 Å². The van der Waals surface area contributed by atoms with Crippen molar-refractivity contribution in [2.75, 3.05) is 6.61 Å². The Morgan fingerprint density at radius 3 is 1.91 bits per heavy atom. The van der Waals surface area contributed by atoms with Crippen molar-refractivity contribution in [1.82, 2.24) is 0 Å². The maximum absolute atomic E-state index is 14.4.